The first-order chi connectivity index (χ1) is 7.68. The van der Waals surface area contributed by atoms with E-state index in [0.717, 1.165) is 5.69 Å². The maximum absolute atomic E-state index is 10.8. The Morgan fingerprint density at radius 2 is 2.06 bits per heavy atom. The minimum Gasteiger partial charge on any atom is -0.478 e. The van der Waals surface area contributed by atoms with Crippen LogP contribution in [0.1, 0.15) is 13.8 Å². The molecule has 0 radical (unpaired) electrons. The summed E-state index contributed by atoms with van der Waals surface area (Å²) in [6.45, 7) is 4.38. The molecule has 4 nitrogen and oxygen atoms in total. The van der Waals surface area contributed by atoms with E-state index in [4.69, 9.17) is 9.84 Å². The molecule has 0 saturated heterocycles. The van der Waals surface area contributed by atoms with Gasteiger partial charge in [0.15, 0.2) is 0 Å². The van der Waals surface area contributed by atoms with E-state index in [1.165, 1.54) is 0 Å². The number of carbonyl (C=O) groups is 1. The predicted molar refractivity (Wildman–Crippen MR) is 63.1 cm³/mol. The van der Waals surface area contributed by atoms with Gasteiger partial charge >= 0.3 is 5.97 Å². The molecule has 16 heavy (non-hydrogen) atoms. The van der Waals surface area contributed by atoms with Crippen molar-refractivity contribution in [2.75, 3.05) is 18.5 Å². The van der Waals surface area contributed by atoms with Gasteiger partial charge in [-0.2, -0.15) is 0 Å². The molecule has 4 heteroatoms. The first kappa shape index (κ1) is 12.4. The van der Waals surface area contributed by atoms with Gasteiger partial charge in [0, 0.05) is 7.05 Å². The van der Waals surface area contributed by atoms with Gasteiger partial charge in [0.1, 0.15) is 5.75 Å². The second-order valence-electron chi connectivity index (χ2n) is 3.29. The fourth-order valence-corrected chi connectivity index (χ4v) is 1.54. The van der Waals surface area contributed by atoms with Crippen LogP contribution >= 0.6 is 0 Å². The average molecular weight is 223 g/mol. The molecule has 1 unspecified atom stereocenters. The van der Waals surface area contributed by atoms with Crippen LogP contribution in [0.15, 0.2) is 24.3 Å². The zero-order valence-corrected chi connectivity index (χ0v) is 9.80. The summed E-state index contributed by atoms with van der Waals surface area (Å²) in [5.74, 6) is -0.292. The van der Waals surface area contributed by atoms with Crippen molar-refractivity contribution in [3.63, 3.8) is 0 Å². The zero-order valence-electron chi connectivity index (χ0n) is 9.80. The van der Waals surface area contributed by atoms with Crippen molar-refractivity contribution in [1.29, 1.82) is 0 Å². The van der Waals surface area contributed by atoms with E-state index in [1.54, 1.807) is 6.07 Å². The number of rotatable bonds is 1. The Morgan fingerprint density at radius 1 is 1.44 bits per heavy atom. The number of nitrogens with zero attached hydrogens (tertiary/aromatic N) is 1. The van der Waals surface area contributed by atoms with Crippen LogP contribution in [0, 0.1) is 0 Å². The molecule has 1 heterocycles. The number of para-hydroxylation sites is 2. The Labute approximate surface area is 95.5 Å². The molecule has 0 aliphatic carbocycles. The second kappa shape index (κ2) is 5.39. The highest BCUT2D eigenvalue weighted by molar-refractivity contribution is 5.76. The fourth-order valence-electron chi connectivity index (χ4n) is 1.54. The topological polar surface area (TPSA) is 49.8 Å². The van der Waals surface area contributed by atoms with E-state index in [1.807, 2.05) is 44.0 Å². The molecule has 1 aliphatic heterocycles. The maximum atomic E-state index is 10.8. The third-order valence-electron chi connectivity index (χ3n) is 2.26. The molecule has 1 aromatic rings. The van der Waals surface area contributed by atoms with Crippen LogP contribution in [0.5, 0.6) is 5.75 Å². The van der Waals surface area contributed by atoms with Crippen molar-refractivity contribution < 1.29 is 14.6 Å². The van der Waals surface area contributed by atoms with Gasteiger partial charge in [-0.3, -0.25) is 0 Å². The van der Waals surface area contributed by atoms with Gasteiger partial charge in [0.2, 0.25) is 6.10 Å². The van der Waals surface area contributed by atoms with Crippen LogP contribution in [0.3, 0.4) is 0 Å². The number of carboxylic acids is 1. The second-order valence-corrected chi connectivity index (χ2v) is 3.29. The Morgan fingerprint density at radius 3 is 2.69 bits per heavy atom. The predicted octanol–water partition coefficient (Wildman–Crippen LogP) is 1.99. The molecule has 0 fully saturated rings. The van der Waals surface area contributed by atoms with E-state index < -0.39 is 12.1 Å². The molecule has 0 saturated carbocycles. The third-order valence-corrected chi connectivity index (χ3v) is 2.26. The Hall–Kier alpha value is -1.71. The van der Waals surface area contributed by atoms with Crippen LogP contribution < -0.4 is 9.64 Å². The van der Waals surface area contributed by atoms with Crippen molar-refractivity contribution in [2.45, 2.75) is 20.0 Å². The van der Waals surface area contributed by atoms with Crippen LogP contribution in [0.4, 0.5) is 5.69 Å². The Balaban J connectivity index is 0.000000606. The molecule has 0 bridgehead atoms. The summed E-state index contributed by atoms with van der Waals surface area (Å²) in [6.07, 6.45) is -0.769. The van der Waals surface area contributed by atoms with Crippen molar-refractivity contribution in [3.8, 4) is 5.75 Å². The molecule has 0 aromatic heterocycles. The van der Waals surface area contributed by atoms with E-state index in [9.17, 15) is 4.79 Å². The number of likely N-dealkylation sites (N-methyl/N-ethyl adjacent to an activating group) is 1. The number of hydrogen-bond donors (Lipinski definition) is 1. The highest BCUT2D eigenvalue weighted by atomic mass is 16.5. The number of fused-ring (bicyclic) bond motifs is 1. The van der Waals surface area contributed by atoms with Gasteiger partial charge in [-0.1, -0.05) is 26.0 Å². The largest absolute Gasteiger partial charge is 0.478 e. The molecule has 1 atom stereocenters. The first-order valence-corrected chi connectivity index (χ1v) is 5.38. The average Bonchev–Trinajstić information content (AvgIpc) is 2.31. The van der Waals surface area contributed by atoms with Crippen molar-refractivity contribution in [3.05, 3.63) is 24.3 Å². The number of benzene rings is 1. The summed E-state index contributed by atoms with van der Waals surface area (Å²) in [5.41, 5.74) is 0.935. The number of aliphatic carboxylic acids is 1. The monoisotopic (exact) mass is 223 g/mol. The molecule has 1 aromatic carbocycles. The number of ether oxygens (including phenoxy) is 1. The third kappa shape index (κ3) is 2.45. The van der Waals surface area contributed by atoms with Gasteiger partial charge in [0.25, 0.3) is 0 Å². The summed E-state index contributed by atoms with van der Waals surface area (Å²) < 4.78 is 5.32. The van der Waals surface area contributed by atoms with Gasteiger partial charge in [0.05, 0.1) is 12.2 Å². The summed E-state index contributed by atoms with van der Waals surface area (Å²) in [4.78, 5) is 12.6. The first-order valence-electron chi connectivity index (χ1n) is 5.38. The number of carboxylic acid groups (broad SMARTS) is 1. The number of hydrogen-bond acceptors (Lipinski definition) is 3. The van der Waals surface area contributed by atoms with Crippen LogP contribution in [0.25, 0.3) is 0 Å². The SMILES string of the molecule is CC.CN1CC(C(=O)O)Oc2ccccc21. The van der Waals surface area contributed by atoms with Gasteiger partial charge < -0.3 is 14.7 Å². The Kier molecular flexibility index (Phi) is 4.17. The highest BCUT2D eigenvalue weighted by Crippen LogP contribution is 2.31. The molecule has 88 valence electrons. The quantitative estimate of drug-likeness (QED) is 0.791. The molecular formula is C12H17NO3. The smallest absolute Gasteiger partial charge is 0.346 e. The minimum atomic E-state index is -0.925. The van der Waals surface area contributed by atoms with E-state index in [0.29, 0.717) is 12.3 Å². The molecule has 0 spiro atoms. The molecular weight excluding hydrogens is 206 g/mol. The lowest BCUT2D eigenvalue weighted by Crippen LogP contribution is -2.42. The summed E-state index contributed by atoms with van der Waals surface area (Å²) in [7, 11) is 1.86. The van der Waals surface area contributed by atoms with Crippen molar-refractivity contribution in [1.82, 2.24) is 0 Å². The fraction of sp³-hybridized carbons (Fsp3) is 0.417. The van der Waals surface area contributed by atoms with E-state index in [2.05, 4.69) is 0 Å². The summed E-state index contributed by atoms with van der Waals surface area (Å²) in [5, 5.41) is 8.83. The van der Waals surface area contributed by atoms with Gasteiger partial charge in [-0.05, 0) is 12.1 Å². The zero-order chi connectivity index (χ0) is 12.1. The summed E-state index contributed by atoms with van der Waals surface area (Å²) >= 11 is 0. The van der Waals surface area contributed by atoms with Crippen LogP contribution in [0.2, 0.25) is 0 Å². The van der Waals surface area contributed by atoms with E-state index in [-0.39, 0.29) is 0 Å². The van der Waals surface area contributed by atoms with Crippen LogP contribution in [-0.2, 0) is 4.79 Å². The minimum absolute atomic E-state index is 0.381. The highest BCUT2D eigenvalue weighted by Gasteiger charge is 2.28. The van der Waals surface area contributed by atoms with Crippen molar-refractivity contribution in [2.24, 2.45) is 0 Å². The normalized spacial score (nSPS) is 17.7. The number of anilines is 1. The van der Waals surface area contributed by atoms with Gasteiger partial charge in [-0.25, -0.2) is 4.79 Å². The summed E-state index contributed by atoms with van der Waals surface area (Å²) in [6, 6.07) is 7.42. The lowest BCUT2D eigenvalue weighted by molar-refractivity contribution is -0.144. The lowest BCUT2D eigenvalue weighted by atomic mass is 10.2. The molecule has 2 rings (SSSR count). The van der Waals surface area contributed by atoms with Gasteiger partial charge in [-0.15, -0.1) is 0 Å². The van der Waals surface area contributed by atoms with E-state index >= 15 is 0 Å². The molecule has 1 N–H and O–H groups in total. The molecule has 0 amide bonds. The maximum Gasteiger partial charge on any atom is 0.346 e. The Bertz CT molecular complexity index is 365. The molecule has 1 aliphatic rings. The lowest BCUT2D eigenvalue weighted by Gasteiger charge is -2.31. The van der Waals surface area contributed by atoms with Crippen LogP contribution in [-0.4, -0.2) is 30.8 Å². The standard InChI is InChI=1S/C10H11NO3.C2H6/c1-11-6-9(10(12)13)14-8-5-3-2-4-7(8)11;1-2/h2-5,9H,6H2,1H3,(H,12,13);1-2H3. The van der Waals surface area contributed by atoms with Crippen molar-refractivity contribution >= 4 is 11.7 Å².